The van der Waals surface area contributed by atoms with Crippen molar-refractivity contribution in [2.24, 2.45) is 5.92 Å². The van der Waals surface area contributed by atoms with Crippen molar-refractivity contribution in [2.75, 3.05) is 32.8 Å². The van der Waals surface area contributed by atoms with Gasteiger partial charge >= 0.3 is 6.18 Å². The standard InChI is InChI=1S/C11H17F3N2O2.ClH/c12-11(13,14)8-1-4-16(5-2-8)10(17)9-7-15-3-6-18-9;/h8-9,15H,1-7H2;1H. The van der Waals surface area contributed by atoms with Gasteiger partial charge in [0.05, 0.1) is 12.5 Å². The van der Waals surface area contributed by atoms with Crippen molar-refractivity contribution >= 4 is 18.3 Å². The number of nitrogens with zero attached hydrogens (tertiary/aromatic N) is 1. The number of carbonyl (C=O) groups is 1. The maximum absolute atomic E-state index is 12.5. The van der Waals surface area contributed by atoms with Crippen LogP contribution in [0.3, 0.4) is 0 Å². The Morgan fingerprint density at radius 1 is 1.26 bits per heavy atom. The number of morpholine rings is 1. The van der Waals surface area contributed by atoms with E-state index >= 15 is 0 Å². The van der Waals surface area contributed by atoms with Crippen LogP contribution in [0.25, 0.3) is 0 Å². The molecule has 0 aromatic rings. The molecule has 19 heavy (non-hydrogen) atoms. The van der Waals surface area contributed by atoms with Gasteiger partial charge in [-0.1, -0.05) is 0 Å². The smallest absolute Gasteiger partial charge is 0.366 e. The maximum Gasteiger partial charge on any atom is 0.391 e. The zero-order chi connectivity index (χ0) is 13.2. The van der Waals surface area contributed by atoms with Gasteiger partial charge in [0, 0.05) is 26.2 Å². The molecule has 1 atom stereocenters. The molecule has 8 heteroatoms. The van der Waals surface area contributed by atoms with Gasteiger partial charge in [-0.3, -0.25) is 4.79 Å². The summed E-state index contributed by atoms with van der Waals surface area (Å²) in [7, 11) is 0. The molecule has 4 nitrogen and oxygen atoms in total. The second kappa shape index (κ2) is 6.76. The van der Waals surface area contributed by atoms with Crippen molar-refractivity contribution < 1.29 is 22.7 Å². The first kappa shape index (κ1) is 16.5. The monoisotopic (exact) mass is 302 g/mol. The van der Waals surface area contributed by atoms with Gasteiger partial charge < -0.3 is 15.0 Å². The zero-order valence-electron chi connectivity index (χ0n) is 10.4. The van der Waals surface area contributed by atoms with E-state index in [0.29, 0.717) is 19.7 Å². The molecule has 0 aliphatic carbocycles. The van der Waals surface area contributed by atoms with Crippen LogP contribution >= 0.6 is 12.4 Å². The van der Waals surface area contributed by atoms with E-state index in [2.05, 4.69) is 5.32 Å². The molecule has 2 aliphatic heterocycles. The summed E-state index contributed by atoms with van der Waals surface area (Å²) < 4.78 is 42.8. The van der Waals surface area contributed by atoms with E-state index in [9.17, 15) is 18.0 Å². The topological polar surface area (TPSA) is 41.6 Å². The summed E-state index contributed by atoms with van der Waals surface area (Å²) in [4.78, 5) is 13.5. The number of hydrogen-bond acceptors (Lipinski definition) is 3. The van der Waals surface area contributed by atoms with Crippen LogP contribution in [0.5, 0.6) is 0 Å². The van der Waals surface area contributed by atoms with Crippen LogP contribution in [0.2, 0.25) is 0 Å². The van der Waals surface area contributed by atoms with Gasteiger partial charge in [0.1, 0.15) is 6.10 Å². The SMILES string of the molecule is Cl.O=C(C1CNCCO1)N1CCC(C(F)(F)F)CC1. The Bertz CT molecular complexity index is 301. The number of likely N-dealkylation sites (tertiary alicyclic amines) is 1. The van der Waals surface area contributed by atoms with Crippen LogP contribution in [0.1, 0.15) is 12.8 Å². The lowest BCUT2D eigenvalue weighted by Gasteiger charge is -2.35. The van der Waals surface area contributed by atoms with Crippen LogP contribution < -0.4 is 5.32 Å². The second-order valence-corrected chi connectivity index (χ2v) is 4.70. The molecule has 0 radical (unpaired) electrons. The molecule has 2 heterocycles. The predicted octanol–water partition coefficient (Wildman–Crippen LogP) is 1.20. The third kappa shape index (κ3) is 4.22. The number of halogens is 4. The van der Waals surface area contributed by atoms with E-state index in [-0.39, 0.29) is 44.2 Å². The molecule has 2 saturated heterocycles. The van der Waals surface area contributed by atoms with E-state index in [1.807, 2.05) is 0 Å². The van der Waals surface area contributed by atoms with Crippen molar-refractivity contribution in [3.63, 3.8) is 0 Å². The number of amides is 1. The van der Waals surface area contributed by atoms with Crippen molar-refractivity contribution in [3.8, 4) is 0 Å². The largest absolute Gasteiger partial charge is 0.391 e. The molecule has 0 aromatic heterocycles. The summed E-state index contributed by atoms with van der Waals surface area (Å²) in [6.45, 7) is 1.96. The lowest BCUT2D eigenvalue weighted by molar-refractivity contribution is -0.187. The Balaban J connectivity index is 0.00000180. The summed E-state index contributed by atoms with van der Waals surface area (Å²) in [6.07, 6.45) is -4.69. The van der Waals surface area contributed by atoms with Gasteiger partial charge in [-0.25, -0.2) is 0 Å². The number of hydrogen-bond donors (Lipinski definition) is 1. The summed E-state index contributed by atoms with van der Waals surface area (Å²) in [5.41, 5.74) is 0. The lowest BCUT2D eigenvalue weighted by atomic mass is 9.96. The van der Waals surface area contributed by atoms with E-state index in [0.717, 1.165) is 0 Å². The maximum atomic E-state index is 12.5. The summed E-state index contributed by atoms with van der Waals surface area (Å²) >= 11 is 0. The van der Waals surface area contributed by atoms with E-state index in [1.54, 1.807) is 0 Å². The van der Waals surface area contributed by atoms with Crippen molar-refractivity contribution in [1.82, 2.24) is 10.2 Å². The predicted molar refractivity (Wildman–Crippen MR) is 65.2 cm³/mol. The molecular weight excluding hydrogens is 285 g/mol. The number of piperidine rings is 1. The fourth-order valence-electron chi connectivity index (χ4n) is 2.35. The third-order valence-corrected chi connectivity index (χ3v) is 3.47. The highest BCUT2D eigenvalue weighted by molar-refractivity contribution is 5.85. The average Bonchev–Trinajstić information content (AvgIpc) is 2.38. The number of rotatable bonds is 1. The summed E-state index contributed by atoms with van der Waals surface area (Å²) in [5.74, 6) is -1.46. The molecule has 0 bridgehead atoms. The molecule has 1 N–H and O–H groups in total. The Hall–Kier alpha value is -0.530. The minimum atomic E-state index is -4.14. The zero-order valence-corrected chi connectivity index (χ0v) is 11.2. The number of alkyl halides is 3. The minimum absolute atomic E-state index is 0. The molecule has 0 saturated carbocycles. The number of ether oxygens (including phenoxy) is 1. The molecule has 2 fully saturated rings. The number of carbonyl (C=O) groups excluding carboxylic acids is 1. The first-order chi connectivity index (χ1) is 8.48. The lowest BCUT2D eigenvalue weighted by Crippen LogP contribution is -2.52. The number of nitrogens with one attached hydrogen (secondary N) is 1. The van der Waals surface area contributed by atoms with Crippen molar-refractivity contribution in [3.05, 3.63) is 0 Å². The van der Waals surface area contributed by atoms with Crippen LogP contribution in [0.15, 0.2) is 0 Å². The van der Waals surface area contributed by atoms with E-state index in [1.165, 1.54) is 4.90 Å². The Morgan fingerprint density at radius 3 is 2.37 bits per heavy atom. The van der Waals surface area contributed by atoms with Crippen molar-refractivity contribution in [1.29, 1.82) is 0 Å². The summed E-state index contributed by atoms with van der Waals surface area (Å²) in [6, 6.07) is 0. The first-order valence-electron chi connectivity index (χ1n) is 6.16. The molecule has 112 valence electrons. The average molecular weight is 303 g/mol. The molecular formula is C11H18ClF3N2O2. The highest BCUT2D eigenvalue weighted by Gasteiger charge is 2.42. The van der Waals surface area contributed by atoms with Gasteiger partial charge in [0.2, 0.25) is 0 Å². The van der Waals surface area contributed by atoms with E-state index < -0.39 is 18.2 Å². The first-order valence-corrected chi connectivity index (χ1v) is 6.16. The van der Waals surface area contributed by atoms with Gasteiger partial charge in [0.15, 0.2) is 0 Å². The van der Waals surface area contributed by atoms with Gasteiger partial charge in [-0.05, 0) is 12.8 Å². The normalized spacial score (nSPS) is 25.8. The fraction of sp³-hybridized carbons (Fsp3) is 0.909. The van der Waals surface area contributed by atoms with Crippen LogP contribution in [0.4, 0.5) is 13.2 Å². The third-order valence-electron chi connectivity index (χ3n) is 3.47. The molecule has 0 aromatic carbocycles. The molecule has 0 spiro atoms. The minimum Gasteiger partial charge on any atom is -0.366 e. The van der Waals surface area contributed by atoms with Crippen LogP contribution in [-0.4, -0.2) is 55.9 Å². The summed E-state index contributed by atoms with van der Waals surface area (Å²) in [5, 5.41) is 3.04. The van der Waals surface area contributed by atoms with Crippen molar-refractivity contribution in [2.45, 2.75) is 25.1 Å². The Kier molecular flexibility index (Phi) is 5.88. The molecule has 1 unspecified atom stereocenters. The molecule has 2 rings (SSSR count). The Labute approximate surface area is 116 Å². The van der Waals surface area contributed by atoms with E-state index in [4.69, 9.17) is 4.74 Å². The molecule has 1 amide bonds. The Morgan fingerprint density at radius 2 is 1.89 bits per heavy atom. The van der Waals surface area contributed by atoms with Gasteiger partial charge in [0.25, 0.3) is 5.91 Å². The highest BCUT2D eigenvalue weighted by atomic mass is 35.5. The van der Waals surface area contributed by atoms with Gasteiger partial charge in [-0.15, -0.1) is 12.4 Å². The quantitative estimate of drug-likeness (QED) is 0.791. The molecule has 2 aliphatic rings. The highest BCUT2D eigenvalue weighted by Crippen LogP contribution is 2.34. The van der Waals surface area contributed by atoms with Crippen LogP contribution in [0, 0.1) is 5.92 Å². The van der Waals surface area contributed by atoms with Gasteiger partial charge in [-0.2, -0.15) is 13.2 Å². The second-order valence-electron chi connectivity index (χ2n) is 4.70. The fourth-order valence-corrected chi connectivity index (χ4v) is 2.35. The van der Waals surface area contributed by atoms with Crippen LogP contribution in [-0.2, 0) is 9.53 Å².